The van der Waals surface area contributed by atoms with Crippen LogP contribution < -0.4 is 16.8 Å². The van der Waals surface area contributed by atoms with Crippen LogP contribution in [0.3, 0.4) is 0 Å². The SMILES string of the molecule is CC(C)(C)C1(N)N=C(n2cccn2)NC(N)=C1Br. The Morgan fingerprint density at radius 1 is 1.44 bits per heavy atom. The van der Waals surface area contributed by atoms with Crippen LogP contribution in [0.5, 0.6) is 0 Å². The van der Waals surface area contributed by atoms with Crippen LogP contribution in [0.25, 0.3) is 0 Å². The van der Waals surface area contributed by atoms with E-state index in [1.165, 1.54) is 0 Å². The molecule has 0 aliphatic carbocycles. The van der Waals surface area contributed by atoms with E-state index in [-0.39, 0.29) is 5.41 Å². The standard InChI is InChI=1S/C11H17BrN6/c1-10(2,3)11(14)7(12)8(13)16-9(17-11)18-6-4-5-15-18/h4-6H,13-14H2,1-3H3,(H,16,17). The second-order valence-electron chi connectivity index (χ2n) is 5.26. The molecular weight excluding hydrogens is 296 g/mol. The lowest BCUT2D eigenvalue weighted by atomic mass is 9.80. The first-order chi connectivity index (χ1) is 8.25. The van der Waals surface area contributed by atoms with E-state index in [2.05, 4.69) is 31.3 Å². The fourth-order valence-electron chi connectivity index (χ4n) is 1.62. The van der Waals surface area contributed by atoms with Crippen molar-refractivity contribution in [1.82, 2.24) is 15.1 Å². The Hall–Kier alpha value is -1.34. The number of nitrogens with zero attached hydrogens (tertiary/aromatic N) is 3. The first-order valence-corrected chi connectivity index (χ1v) is 6.36. The average Bonchev–Trinajstić information content (AvgIpc) is 2.77. The van der Waals surface area contributed by atoms with Crippen molar-refractivity contribution >= 4 is 21.9 Å². The van der Waals surface area contributed by atoms with Gasteiger partial charge < -0.3 is 16.8 Å². The Balaban J connectivity index is 2.53. The highest BCUT2D eigenvalue weighted by atomic mass is 79.9. The van der Waals surface area contributed by atoms with Crippen LogP contribution in [0.4, 0.5) is 0 Å². The molecule has 0 aromatic carbocycles. The number of rotatable bonds is 0. The molecule has 0 fully saturated rings. The highest BCUT2D eigenvalue weighted by molar-refractivity contribution is 9.11. The lowest BCUT2D eigenvalue weighted by Gasteiger charge is -2.41. The second-order valence-corrected chi connectivity index (χ2v) is 6.05. The molecule has 98 valence electrons. The molecule has 2 heterocycles. The Morgan fingerprint density at radius 3 is 2.61 bits per heavy atom. The minimum atomic E-state index is -0.927. The lowest BCUT2D eigenvalue weighted by molar-refractivity contribution is 0.242. The summed E-state index contributed by atoms with van der Waals surface area (Å²) in [5.74, 6) is 0.964. The normalized spacial score (nSPS) is 24.8. The number of aliphatic imine (C=N–C) groups is 1. The van der Waals surface area contributed by atoms with Crippen molar-refractivity contribution in [1.29, 1.82) is 0 Å². The summed E-state index contributed by atoms with van der Waals surface area (Å²) in [6.07, 6.45) is 3.45. The first-order valence-electron chi connectivity index (χ1n) is 5.57. The smallest absolute Gasteiger partial charge is 0.227 e. The van der Waals surface area contributed by atoms with E-state index >= 15 is 0 Å². The average molecular weight is 313 g/mol. The van der Waals surface area contributed by atoms with E-state index in [1.54, 1.807) is 17.1 Å². The van der Waals surface area contributed by atoms with Crippen molar-refractivity contribution in [2.24, 2.45) is 21.9 Å². The van der Waals surface area contributed by atoms with E-state index < -0.39 is 5.66 Å². The predicted molar refractivity (Wildman–Crippen MR) is 74.7 cm³/mol. The number of halogens is 1. The molecule has 18 heavy (non-hydrogen) atoms. The topological polar surface area (TPSA) is 94.2 Å². The minimum Gasteiger partial charge on any atom is -0.384 e. The van der Waals surface area contributed by atoms with Crippen LogP contribution in [0.15, 0.2) is 33.8 Å². The van der Waals surface area contributed by atoms with Crippen molar-refractivity contribution in [3.05, 3.63) is 28.8 Å². The summed E-state index contributed by atoms with van der Waals surface area (Å²) in [6, 6.07) is 1.81. The van der Waals surface area contributed by atoms with Gasteiger partial charge in [0.15, 0.2) is 5.66 Å². The quantitative estimate of drug-likeness (QED) is 0.664. The van der Waals surface area contributed by atoms with Gasteiger partial charge in [0.2, 0.25) is 5.96 Å². The van der Waals surface area contributed by atoms with Crippen LogP contribution in [0, 0.1) is 5.41 Å². The number of nitrogens with two attached hydrogens (primary N) is 2. The van der Waals surface area contributed by atoms with Gasteiger partial charge in [-0.3, -0.25) is 0 Å². The van der Waals surface area contributed by atoms with E-state index in [4.69, 9.17) is 11.5 Å². The third-order valence-corrected chi connectivity index (χ3v) is 4.00. The molecule has 7 heteroatoms. The zero-order chi connectivity index (χ0) is 13.6. The van der Waals surface area contributed by atoms with E-state index in [0.717, 1.165) is 0 Å². The maximum Gasteiger partial charge on any atom is 0.227 e. The third kappa shape index (κ3) is 1.93. The van der Waals surface area contributed by atoms with Crippen LogP contribution in [0.1, 0.15) is 20.8 Å². The molecular formula is C11H17BrN6. The fourth-order valence-corrected chi connectivity index (χ4v) is 2.41. The van der Waals surface area contributed by atoms with Crippen molar-refractivity contribution in [2.45, 2.75) is 26.4 Å². The fraction of sp³-hybridized carbons (Fsp3) is 0.455. The molecule has 6 nitrogen and oxygen atoms in total. The summed E-state index contributed by atoms with van der Waals surface area (Å²) in [5, 5.41) is 7.10. The van der Waals surface area contributed by atoms with Gasteiger partial charge in [0.1, 0.15) is 5.82 Å². The molecule has 1 aromatic heterocycles. The zero-order valence-electron chi connectivity index (χ0n) is 10.6. The molecule has 0 bridgehead atoms. The molecule has 0 amide bonds. The van der Waals surface area contributed by atoms with Crippen LogP contribution in [0.2, 0.25) is 0 Å². The summed E-state index contributed by atoms with van der Waals surface area (Å²) in [5.41, 5.74) is 11.2. The predicted octanol–water partition coefficient (Wildman–Crippen LogP) is 0.914. The third-order valence-electron chi connectivity index (χ3n) is 2.96. The van der Waals surface area contributed by atoms with Gasteiger partial charge in [0.05, 0.1) is 4.48 Å². The molecule has 1 unspecified atom stereocenters. The number of nitrogens with one attached hydrogen (secondary N) is 1. The van der Waals surface area contributed by atoms with Crippen LogP contribution in [-0.2, 0) is 0 Å². The second kappa shape index (κ2) is 4.10. The minimum absolute atomic E-state index is 0.295. The van der Waals surface area contributed by atoms with Crippen molar-refractivity contribution in [3.8, 4) is 0 Å². The first kappa shape index (κ1) is 13.1. The Bertz CT molecular complexity index is 510. The zero-order valence-corrected chi connectivity index (χ0v) is 12.2. The molecule has 0 saturated heterocycles. The Morgan fingerprint density at radius 2 is 2.11 bits per heavy atom. The maximum absolute atomic E-state index is 6.41. The Kier molecular flexibility index (Phi) is 2.98. The van der Waals surface area contributed by atoms with Gasteiger partial charge in [-0.1, -0.05) is 20.8 Å². The number of aromatic nitrogens is 2. The van der Waals surface area contributed by atoms with Gasteiger partial charge in [0, 0.05) is 17.8 Å². The molecule has 2 rings (SSSR count). The molecule has 1 aromatic rings. The summed E-state index contributed by atoms with van der Waals surface area (Å²) in [4.78, 5) is 4.56. The highest BCUT2D eigenvalue weighted by Crippen LogP contribution is 2.40. The number of hydrogen-bond acceptors (Lipinski definition) is 5. The van der Waals surface area contributed by atoms with E-state index in [1.807, 2.05) is 26.8 Å². The number of hydrogen-bond donors (Lipinski definition) is 3. The summed E-state index contributed by atoms with van der Waals surface area (Å²) in [6.45, 7) is 6.03. The van der Waals surface area contributed by atoms with Gasteiger partial charge in [-0.2, -0.15) is 5.10 Å². The van der Waals surface area contributed by atoms with Gasteiger partial charge in [-0.25, -0.2) is 9.67 Å². The molecule has 1 aliphatic heterocycles. The monoisotopic (exact) mass is 312 g/mol. The summed E-state index contributed by atoms with van der Waals surface area (Å²) >= 11 is 3.43. The van der Waals surface area contributed by atoms with Crippen molar-refractivity contribution in [2.75, 3.05) is 0 Å². The van der Waals surface area contributed by atoms with Gasteiger partial charge in [-0.15, -0.1) is 0 Å². The van der Waals surface area contributed by atoms with Crippen LogP contribution >= 0.6 is 15.9 Å². The van der Waals surface area contributed by atoms with E-state index in [0.29, 0.717) is 16.3 Å². The van der Waals surface area contributed by atoms with Gasteiger partial charge in [-0.05, 0) is 22.0 Å². The van der Waals surface area contributed by atoms with E-state index in [9.17, 15) is 0 Å². The van der Waals surface area contributed by atoms with Crippen molar-refractivity contribution < 1.29 is 0 Å². The largest absolute Gasteiger partial charge is 0.384 e. The molecule has 0 radical (unpaired) electrons. The maximum atomic E-state index is 6.41. The van der Waals surface area contributed by atoms with Crippen LogP contribution in [-0.4, -0.2) is 21.4 Å². The highest BCUT2D eigenvalue weighted by Gasteiger charge is 2.45. The molecule has 0 saturated carbocycles. The summed E-state index contributed by atoms with van der Waals surface area (Å²) < 4.78 is 2.25. The molecule has 1 atom stereocenters. The summed E-state index contributed by atoms with van der Waals surface area (Å²) in [7, 11) is 0. The van der Waals surface area contributed by atoms with Gasteiger partial charge >= 0.3 is 0 Å². The van der Waals surface area contributed by atoms with Crippen molar-refractivity contribution in [3.63, 3.8) is 0 Å². The molecule has 5 N–H and O–H groups in total. The Labute approximate surface area is 114 Å². The molecule has 0 spiro atoms. The lowest BCUT2D eigenvalue weighted by Crippen LogP contribution is -2.56. The van der Waals surface area contributed by atoms with Gasteiger partial charge in [0.25, 0.3) is 0 Å². The molecule has 1 aliphatic rings.